The molecule has 0 aromatic rings. The molecule has 0 spiro atoms. The maximum Gasteiger partial charge on any atom is 0.241 e. The molecule has 1 N–H and O–H groups in total. The van der Waals surface area contributed by atoms with Gasteiger partial charge in [0.05, 0.1) is 12.2 Å². The Morgan fingerprint density at radius 2 is 1.81 bits per heavy atom. The van der Waals surface area contributed by atoms with Crippen LogP contribution in [0.3, 0.4) is 0 Å². The van der Waals surface area contributed by atoms with Crippen LogP contribution in [0, 0.1) is 17.8 Å². The van der Waals surface area contributed by atoms with Crippen molar-refractivity contribution >= 4 is 5.91 Å². The van der Waals surface area contributed by atoms with E-state index >= 15 is 0 Å². The minimum atomic E-state index is 0.0727. The molecule has 1 saturated heterocycles. The van der Waals surface area contributed by atoms with Crippen LogP contribution in [0.1, 0.15) is 72.1 Å². The molecule has 1 amide bonds. The third kappa shape index (κ3) is 2.62. The zero-order valence-corrected chi connectivity index (χ0v) is 14.0. The van der Waals surface area contributed by atoms with Crippen LogP contribution in [0.4, 0.5) is 0 Å². The second kappa shape index (κ2) is 6.28. The molecule has 0 aromatic heterocycles. The predicted molar refractivity (Wildman–Crippen MR) is 85.8 cm³/mol. The number of nitrogens with one attached hydrogen (secondary N) is 1. The van der Waals surface area contributed by atoms with E-state index in [-0.39, 0.29) is 6.04 Å². The van der Waals surface area contributed by atoms with E-state index < -0.39 is 0 Å². The molecular weight excluding hydrogens is 260 g/mol. The molecule has 2 saturated carbocycles. The van der Waals surface area contributed by atoms with Crippen molar-refractivity contribution in [3.05, 3.63) is 0 Å². The van der Waals surface area contributed by atoms with Crippen LogP contribution in [0.25, 0.3) is 0 Å². The molecular formula is C18H32N2O. The molecule has 0 radical (unpaired) electrons. The predicted octanol–water partition coefficient (Wildman–Crippen LogP) is 3.54. The first-order chi connectivity index (χ1) is 10.2. The summed E-state index contributed by atoms with van der Waals surface area (Å²) in [6.07, 6.45) is 10.3. The SMILES string of the molecule is CCC1NC(C2CCCC2)N(C2CCC(CC)C2C)C1=O. The largest absolute Gasteiger partial charge is 0.322 e. The Morgan fingerprint density at radius 1 is 1.10 bits per heavy atom. The number of carbonyl (C=O) groups excluding carboxylic acids is 1. The summed E-state index contributed by atoms with van der Waals surface area (Å²) in [7, 11) is 0. The molecule has 0 bridgehead atoms. The molecule has 2 aliphatic carbocycles. The number of hydrogen-bond donors (Lipinski definition) is 1. The first-order valence-corrected chi connectivity index (χ1v) is 9.25. The molecule has 1 aliphatic heterocycles. The number of rotatable bonds is 4. The summed E-state index contributed by atoms with van der Waals surface area (Å²) in [6.45, 7) is 6.82. The summed E-state index contributed by atoms with van der Waals surface area (Å²) >= 11 is 0. The van der Waals surface area contributed by atoms with Crippen LogP contribution in [-0.2, 0) is 4.79 Å². The number of nitrogens with zero attached hydrogens (tertiary/aromatic N) is 1. The monoisotopic (exact) mass is 292 g/mol. The summed E-state index contributed by atoms with van der Waals surface area (Å²) in [6, 6.07) is 0.556. The Kier molecular flexibility index (Phi) is 4.58. The van der Waals surface area contributed by atoms with Crippen LogP contribution in [0.15, 0.2) is 0 Å². The van der Waals surface area contributed by atoms with Gasteiger partial charge in [-0.3, -0.25) is 10.1 Å². The standard InChI is InChI=1S/C18H32N2O/c1-4-13-10-11-16(12(13)3)20-17(14-8-6-7-9-14)19-15(5-2)18(20)21/h12-17,19H,4-11H2,1-3H3. The lowest BCUT2D eigenvalue weighted by Gasteiger charge is -2.36. The number of amides is 1. The van der Waals surface area contributed by atoms with Crippen molar-refractivity contribution in [1.82, 2.24) is 10.2 Å². The lowest BCUT2D eigenvalue weighted by atomic mass is 9.92. The van der Waals surface area contributed by atoms with Crippen LogP contribution in [-0.4, -0.2) is 29.1 Å². The zero-order valence-electron chi connectivity index (χ0n) is 14.0. The summed E-state index contributed by atoms with van der Waals surface area (Å²) in [4.78, 5) is 15.2. The van der Waals surface area contributed by atoms with Gasteiger partial charge in [0.15, 0.2) is 0 Å². The van der Waals surface area contributed by atoms with Gasteiger partial charge in [-0.1, -0.05) is 40.0 Å². The van der Waals surface area contributed by atoms with Gasteiger partial charge in [-0.25, -0.2) is 0 Å². The van der Waals surface area contributed by atoms with Crippen molar-refractivity contribution < 1.29 is 4.79 Å². The van der Waals surface area contributed by atoms with E-state index in [0.717, 1.165) is 12.3 Å². The van der Waals surface area contributed by atoms with Crippen LogP contribution in [0.5, 0.6) is 0 Å². The first-order valence-electron chi connectivity index (χ1n) is 9.25. The highest BCUT2D eigenvalue weighted by Crippen LogP contribution is 2.41. The van der Waals surface area contributed by atoms with Gasteiger partial charge in [-0.2, -0.15) is 0 Å². The first kappa shape index (κ1) is 15.3. The van der Waals surface area contributed by atoms with Crippen molar-refractivity contribution in [2.24, 2.45) is 17.8 Å². The van der Waals surface area contributed by atoms with E-state index in [9.17, 15) is 4.79 Å². The van der Waals surface area contributed by atoms with Gasteiger partial charge in [0, 0.05) is 6.04 Å². The minimum Gasteiger partial charge on any atom is -0.322 e. The van der Waals surface area contributed by atoms with Gasteiger partial charge in [-0.15, -0.1) is 0 Å². The third-order valence-electron chi connectivity index (χ3n) is 6.54. The summed E-state index contributed by atoms with van der Waals surface area (Å²) in [5.41, 5.74) is 0. The fourth-order valence-electron chi connectivity index (χ4n) is 5.17. The van der Waals surface area contributed by atoms with E-state index in [0.29, 0.717) is 30.0 Å². The zero-order chi connectivity index (χ0) is 15.0. The van der Waals surface area contributed by atoms with Crippen LogP contribution < -0.4 is 5.32 Å². The molecule has 3 aliphatic rings. The lowest BCUT2D eigenvalue weighted by molar-refractivity contribution is -0.134. The fourth-order valence-corrected chi connectivity index (χ4v) is 5.17. The third-order valence-corrected chi connectivity index (χ3v) is 6.54. The van der Waals surface area contributed by atoms with Gasteiger partial charge < -0.3 is 4.90 Å². The van der Waals surface area contributed by atoms with Crippen molar-refractivity contribution in [1.29, 1.82) is 0 Å². The quantitative estimate of drug-likeness (QED) is 0.859. The minimum absolute atomic E-state index is 0.0727. The normalized spacial score (nSPS) is 41.4. The Hall–Kier alpha value is -0.570. The summed E-state index contributed by atoms with van der Waals surface area (Å²) in [5, 5.41) is 3.69. The molecule has 5 atom stereocenters. The molecule has 5 unspecified atom stereocenters. The molecule has 3 heteroatoms. The average molecular weight is 292 g/mol. The maximum absolute atomic E-state index is 12.9. The smallest absolute Gasteiger partial charge is 0.241 e. The Bertz CT molecular complexity index is 377. The second-order valence-corrected chi connectivity index (χ2v) is 7.53. The van der Waals surface area contributed by atoms with Crippen LogP contribution in [0.2, 0.25) is 0 Å². The second-order valence-electron chi connectivity index (χ2n) is 7.53. The molecule has 0 aromatic carbocycles. The van der Waals surface area contributed by atoms with E-state index in [1.54, 1.807) is 0 Å². The maximum atomic E-state index is 12.9. The van der Waals surface area contributed by atoms with Crippen molar-refractivity contribution in [2.45, 2.75) is 90.4 Å². The molecule has 21 heavy (non-hydrogen) atoms. The van der Waals surface area contributed by atoms with E-state index in [1.165, 1.54) is 44.9 Å². The Morgan fingerprint density at radius 3 is 2.38 bits per heavy atom. The van der Waals surface area contributed by atoms with Crippen molar-refractivity contribution in [2.75, 3.05) is 0 Å². The van der Waals surface area contributed by atoms with Gasteiger partial charge in [0.2, 0.25) is 5.91 Å². The summed E-state index contributed by atoms with van der Waals surface area (Å²) < 4.78 is 0. The number of hydrogen-bond acceptors (Lipinski definition) is 2. The highest BCUT2D eigenvalue weighted by molar-refractivity contribution is 5.84. The lowest BCUT2D eigenvalue weighted by Crippen LogP contribution is -2.49. The summed E-state index contributed by atoms with van der Waals surface area (Å²) in [5.74, 6) is 2.56. The highest BCUT2D eigenvalue weighted by Gasteiger charge is 2.48. The average Bonchev–Trinajstić information content (AvgIpc) is 3.18. The van der Waals surface area contributed by atoms with E-state index in [2.05, 4.69) is 31.0 Å². The van der Waals surface area contributed by atoms with Crippen molar-refractivity contribution in [3.63, 3.8) is 0 Å². The molecule has 3 nitrogen and oxygen atoms in total. The highest BCUT2D eigenvalue weighted by atomic mass is 16.2. The van der Waals surface area contributed by atoms with Gasteiger partial charge in [-0.05, 0) is 49.9 Å². The number of carbonyl (C=O) groups is 1. The molecule has 1 heterocycles. The molecule has 3 fully saturated rings. The van der Waals surface area contributed by atoms with E-state index in [1.807, 2.05) is 0 Å². The van der Waals surface area contributed by atoms with Gasteiger partial charge in [0.1, 0.15) is 0 Å². The van der Waals surface area contributed by atoms with E-state index in [4.69, 9.17) is 0 Å². The van der Waals surface area contributed by atoms with Gasteiger partial charge in [0.25, 0.3) is 0 Å². The Balaban J connectivity index is 1.80. The Labute approximate surface area is 129 Å². The van der Waals surface area contributed by atoms with Gasteiger partial charge >= 0.3 is 0 Å². The topological polar surface area (TPSA) is 32.3 Å². The van der Waals surface area contributed by atoms with Crippen molar-refractivity contribution in [3.8, 4) is 0 Å². The molecule has 3 rings (SSSR count). The fraction of sp³-hybridized carbons (Fsp3) is 0.944. The van der Waals surface area contributed by atoms with Crippen LogP contribution >= 0.6 is 0 Å². The molecule has 120 valence electrons.